The summed E-state index contributed by atoms with van der Waals surface area (Å²) in [7, 11) is -4.03. The first-order chi connectivity index (χ1) is 12.6. The van der Waals surface area contributed by atoms with Crippen molar-refractivity contribution in [2.45, 2.75) is 11.1 Å². The maximum atomic E-state index is 12.5. The number of H-pyrrole nitrogens is 1. The molecule has 0 saturated carbocycles. The van der Waals surface area contributed by atoms with Gasteiger partial charge in [-0.1, -0.05) is 6.07 Å². The van der Waals surface area contributed by atoms with E-state index < -0.39 is 28.7 Å². The molecule has 6 nitrogen and oxygen atoms in total. The van der Waals surface area contributed by atoms with Crippen molar-refractivity contribution in [3.05, 3.63) is 60.3 Å². The van der Waals surface area contributed by atoms with Crippen molar-refractivity contribution in [1.82, 2.24) is 10.3 Å². The summed E-state index contributed by atoms with van der Waals surface area (Å²) in [6.07, 6.45) is -2.84. The third-order valence-electron chi connectivity index (χ3n) is 3.66. The summed E-state index contributed by atoms with van der Waals surface area (Å²) in [6, 6.07) is 11.5. The van der Waals surface area contributed by atoms with E-state index in [-0.39, 0.29) is 10.5 Å². The number of amides is 1. The van der Waals surface area contributed by atoms with Crippen molar-refractivity contribution in [3.8, 4) is 0 Å². The fourth-order valence-electron chi connectivity index (χ4n) is 2.42. The molecule has 3 N–H and O–H groups in total. The molecule has 0 unspecified atom stereocenters. The maximum absolute atomic E-state index is 12.5. The lowest BCUT2D eigenvalue weighted by Crippen LogP contribution is -2.33. The van der Waals surface area contributed by atoms with Gasteiger partial charge in [0.25, 0.3) is 15.9 Å². The van der Waals surface area contributed by atoms with E-state index in [0.29, 0.717) is 5.69 Å². The number of carbonyl (C=O) groups excluding carboxylic acids is 1. The molecular weight excluding hydrogens is 383 g/mol. The summed E-state index contributed by atoms with van der Waals surface area (Å²) < 4.78 is 64.1. The summed E-state index contributed by atoms with van der Waals surface area (Å²) >= 11 is 0. The number of nitrogens with one attached hydrogen (secondary N) is 3. The summed E-state index contributed by atoms with van der Waals surface area (Å²) in [4.78, 5) is 14.6. The van der Waals surface area contributed by atoms with Crippen LogP contribution in [0.4, 0.5) is 18.9 Å². The molecule has 0 fully saturated rings. The highest BCUT2D eigenvalue weighted by molar-refractivity contribution is 7.92. The molecule has 1 aromatic heterocycles. The van der Waals surface area contributed by atoms with E-state index in [9.17, 15) is 26.4 Å². The zero-order chi connectivity index (χ0) is 19.7. The SMILES string of the molecule is O=C(NCC(F)(F)F)c1cccc(S(=O)(=O)Nc2ccc3[nH]ccc3c2)c1. The van der Waals surface area contributed by atoms with Gasteiger partial charge in [0.05, 0.1) is 4.90 Å². The first kappa shape index (κ1) is 18.8. The molecule has 1 amide bonds. The number of hydrogen-bond donors (Lipinski definition) is 3. The lowest BCUT2D eigenvalue weighted by molar-refractivity contribution is -0.123. The molecule has 142 valence electrons. The lowest BCUT2D eigenvalue weighted by atomic mass is 10.2. The highest BCUT2D eigenvalue weighted by atomic mass is 32.2. The van der Waals surface area contributed by atoms with Crippen LogP contribution in [0.5, 0.6) is 0 Å². The number of hydrogen-bond acceptors (Lipinski definition) is 3. The first-order valence-corrected chi connectivity index (χ1v) is 9.17. The normalized spacial score (nSPS) is 12.1. The molecule has 0 bridgehead atoms. The standard InChI is InChI=1S/C17H14F3N3O3S/c18-17(19,20)10-22-16(24)12-2-1-3-14(9-12)27(25,26)23-13-4-5-15-11(8-13)6-7-21-15/h1-9,21,23H,10H2,(H,22,24). The largest absolute Gasteiger partial charge is 0.405 e. The van der Waals surface area contributed by atoms with Crippen LogP contribution in [0.3, 0.4) is 0 Å². The molecule has 0 aliphatic carbocycles. The number of aromatic amines is 1. The number of sulfonamides is 1. The van der Waals surface area contributed by atoms with E-state index in [4.69, 9.17) is 0 Å². The van der Waals surface area contributed by atoms with E-state index in [1.54, 1.807) is 35.8 Å². The van der Waals surface area contributed by atoms with Crippen LogP contribution in [0, 0.1) is 0 Å². The third-order valence-corrected chi connectivity index (χ3v) is 5.04. The Labute approximate surface area is 152 Å². The zero-order valence-electron chi connectivity index (χ0n) is 13.7. The van der Waals surface area contributed by atoms with Crippen molar-refractivity contribution in [3.63, 3.8) is 0 Å². The Morgan fingerprint density at radius 1 is 1.07 bits per heavy atom. The van der Waals surface area contributed by atoms with Gasteiger partial charge in [-0.05, 0) is 42.5 Å². The molecule has 1 heterocycles. The van der Waals surface area contributed by atoms with E-state index in [0.717, 1.165) is 17.0 Å². The molecule has 0 aliphatic rings. The van der Waals surface area contributed by atoms with Crippen LogP contribution in [-0.4, -0.2) is 32.0 Å². The molecule has 0 aliphatic heterocycles. The third kappa shape index (κ3) is 4.59. The Morgan fingerprint density at radius 2 is 1.85 bits per heavy atom. The van der Waals surface area contributed by atoms with Crippen LogP contribution < -0.4 is 10.0 Å². The van der Waals surface area contributed by atoms with Crippen LogP contribution in [0.1, 0.15) is 10.4 Å². The van der Waals surface area contributed by atoms with Gasteiger partial charge >= 0.3 is 6.18 Å². The smallest absolute Gasteiger partial charge is 0.361 e. The Bertz CT molecular complexity index is 1090. The Kier molecular flexibility index (Phi) is 4.83. The molecule has 27 heavy (non-hydrogen) atoms. The topological polar surface area (TPSA) is 91.1 Å². The monoisotopic (exact) mass is 397 g/mol. The fourth-order valence-corrected chi connectivity index (χ4v) is 3.51. The number of aromatic nitrogens is 1. The number of benzene rings is 2. The molecule has 0 saturated heterocycles. The second-order valence-corrected chi connectivity index (χ2v) is 7.39. The average molecular weight is 397 g/mol. The second-order valence-electron chi connectivity index (χ2n) is 5.71. The van der Waals surface area contributed by atoms with Gasteiger partial charge in [-0.15, -0.1) is 0 Å². The van der Waals surface area contributed by atoms with Gasteiger partial charge in [0.2, 0.25) is 0 Å². The van der Waals surface area contributed by atoms with Crippen molar-refractivity contribution >= 4 is 32.5 Å². The lowest BCUT2D eigenvalue weighted by Gasteiger charge is -2.11. The van der Waals surface area contributed by atoms with Gasteiger partial charge < -0.3 is 10.3 Å². The van der Waals surface area contributed by atoms with Crippen LogP contribution in [0.15, 0.2) is 59.6 Å². The van der Waals surface area contributed by atoms with Crippen LogP contribution >= 0.6 is 0 Å². The minimum Gasteiger partial charge on any atom is -0.361 e. The van der Waals surface area contributed by atoms with E-state index in [1.807, 2.05) is 0 Å². The summed E-state index contributed by atoms with van der Waals surface area (Å²) in [5.41, 5.74) is 0.957. The number of halogens is 3. The number of fused-ring (bicyclic) bond motifs is 1. The van der Waals surface area contributed by atoms with Gasteiger partial charge in [0, 0.05) is 28.4 Å². The van der Waals surface area contributed by atoms with Crippen LogP contribution in [0.2, 0.25) is 0 Å². The molecule has 0 spiro atoms. The van der Waals surface area contributed by atoms with Crippen molar-refractivity contribution < 1.29 is 26.4 Å². The summed E-state index contributed by atoms with van der Waals surface area (Å²) in [6.45, 7) is -1.50. The highest BCUT2D eigenvalue weighted by Gasteiger charge is 2.28. The quantitative estimate of drug-likeness (QED) is 0.617. The number of carbonyl (C=O) groups is 1. The van der Waals surface area contributed by atoms with E-state index in [2.05, 4.69) is 9.71 Å². The molecule has 3 aromatic rings. The Balaban J connectivity index is 1.81. The van der Waals surface area contributed by atoms with Crippen LogP contribution in [0.25, 0.3) is 10.9 Å². The van der Waals surface area contributed by atoms with E-state index in [1.165, 1.54) is 18.2 Å². The minimum absolute atomic E-state index is 0.191. The Hall–Kier alpha value is -3.01. The molecule has 0 atom stereocenters. The van der Waals surface area contributed by atoms with Gasteiger partial charge in [-0.3, -0.25) is 9.52 Å². The average Bonchev–Trinajstić information content (AvgIpc) is 3.06. The van der Waals surface area contributed by atoms with Crippen molar-refractivity contribution in [1.29, 1.82) is 0 Å². The van der Waals surface area contributed by atoms with E-state index >= 15 is 0 Å². The molecule has 2 aromatic carbocycles. The second kappa shape index (κ2) is 6.95. The van der Waals surface area contributed by atoms with Gasteiger partial charge in [-0.25, -0.2) is 8.42 Å². The minimum atomic E-state index is -4.56. The fraction of sp³-hybridized carbons (Fsp3) is 0.118. The number of rotatable bonds is 5. The molecular formula is C17H14F3N3O3S. The molecule has 3 rings (SSSR count). The van der Waals surface area contributed by atoms with Gasteiger partial charge in [-0.2, -0.15) is 13.2 Å². The maximum Gasteiger partial charge on any atom is 0.405 e. The molecule has 0 radical (unpaired) electrons. The van der Waals surface area contributed by atoms with Gasteiger partial charge in [0.15, 0.2) is 0 Å². The molecule has 10 heteroatoms. The van der Waals surface area contributed by atoms with Crippen molar-refractivity contribution in [2.24, 2.45) is 0 Å². The zero-order valence-corrected chi connectivity index (χ0v) is 14.5. The first-order valence-electron chi connectivity index (χ1n) is 7.69. The number of anilines is 1. The number of alkyl halides is 3. The predicted octanol–water partition coefficient (Wildman–Crippen LogP) is 3.26. The predicted molar refractivity (Wildman–Crippen MR) is 93.9 cm³/mol. The summed E-state index contributed by atoms with van der Waals surface area (Å²) in [5.74, 6) is -1.02. The summed E-state index contributed by atoms with van der Waals surface area (Å²) in [5, 5.41) is 2.50. The van der Waals surface area contributed by atoms with Gasteiger partial charge in [0.1, 0.15) is 6.54 Å². The van der Waals surface area contributed by atoms with Crippen molar-refractivity contribution in [2.75, 3.05) is 11.3 Å². The highest BCUT2D eigenvalue weighted by Crippen LogP contribution is 2.22. The van der Waals surface area contributed by atoms with Crippen LogP contribution in [-0.2, 0) is 10.0 Å². The Morgan fingerprint density at radius 3 is 2.59 bits per heavy atom.